The van der Waals surface area contributed by atoms with Gasteiger partial charge < -0.3 is 9.47 Å². The van der Waals surface area contributed by atoms with E-state index in [0.717, 1.165) is 12.2 Å². The van der Waals surface area contributed by atoms with Crippen molar-refractivity contribution in [3.63, 3.8) is 0 Å². The third-order valence-electron chi connectivity index (χ3n) is 3.45. The summed E-state index contributed by atoms with van der Waals surface area (Å²) >= 11 is 11.8. The Labute approximate surface area is 152 Å². The van der Waals surface area contributed by atoms with E-state index in [-0.39, 0.29) is 5.75 Å². The molecule has 0 aliphatic carbocycles. The molecule has 0 saturated carbocycles. The van der Waals surface area contributed by atoms with Gasteiger partial charge in [-0.3, -0.25) is 0 Å². The molecule has 0 aliphatic heterocycles. The fourth-order valence-electron chi connectivity index (χ4n) is 2.12. The molecule has 0 saturated heterocycles. The second-order valence-electron chi connectivity index (χ2n) is 5.40. The molecule has 0 N–H and O–H groups in total. The van der Waals surface area contributed by atoms with Gasteiger partial charge in [-0.25, -0.2) is 4.79 Å². The molecular formula is C19H20Cl2O3. The van der Waals surface area contributed by atoms with Crippen LogP contribution in [0.5, 0.6) is 11.5 Å². The molecule has 0 unspecified atom stereocenters. The molecule has 2 aromatic rings. The number of esters is 1. The normalized spacial score (nSPS) is 10.5. The van der Waals surface area contributed by atoms with Gasteiger partial charge in [0.05, 0.1) is 17.2 Å². The molecule has 3 nitrogen and oxygen atoms in total. The van der Waals surface area contributed by atoms with Gasteiger partial charge in [0.2, 0.25) is 0 Å². The van der Waals surface area contributed by atoms with Gasteiger partial charge in [0.15, 0.2) is 0 Å². The molecule has 0 spiro atoms. The zero-order valence-corrected chi connectivity index (χ0v) is 15.1. The van der Waals surface area contributed by atoms with Crippen LogP contribution in [-0.4, -0.2) is 12.6 Å². The van der Waals surface area contributed by atoms with Gasteiger partial charge in [-0.2, -0.15) is 0 Å². The maximum atomic E-state index is 12.1. The number of carbonyl (C=O) groups is 1. The standard InChI is InChI=1S/C19H20Cl2O3/c1-2-3-4-5-12-23-16-9-6-14(7-10-16)19(22)24-18-11-8-15(20)13-17(18)21/h6-11,13H,2-5,12H2,1H3. The molecule has 128 valence electrons. The van der Waals surface area contributed by atoms with Crippen LogP contribution < -0.4 is 9.47 Å². The molecule has 0 fully saturated rings. The Kier molecular flexibility index (Phi) is 7.41. The van der Waals surface area contributed by atoms with Crippen molar-refractivity contribution in [2.75, 3.05) is 6.61 Å². The lowest BCUT2D eigenvalue weighted by atomic mass is 10.2. The molecule has 0 amide bonds. The monoisotopic (exact) mass is 366 g/mol. The fourth-order valence-corrected chi connectivity index (χ4v) is 2.57. The zero-order chi connectivity index (χ0) is 17.4. The number of benzene rings is 2. The van der Waals surface area contributed by atoms with Crippen LogP contribution in [0.1, 0.15) is 43.0 Å². The number of hydrogen-bond donors (Lipinski definition) is 0. The number of unbranched alkanes of at least 4 members (excludes halogenated alkanes) is 3. The minimum Gasteiger partial charge on any atom is -0.494 e. The van der Waals surface area contributed by atoms with Gasteiger partial charge in [-0.15, -0.1) is 0 Å². The van der Waals surface area contributed by atoms with Crippen molar-refractivity contribution in [3.8, 4) is 11.5 Å². The highest BCUT2D eigenvalue weighted by atomic mass is 35.5. The Hall–Kier alpha value is -1.71. The average molecular weight is 367 g/mol. The summed E-state index contributed by atoms with van der Waals surface area (Å²) in [5.41, 5.74) is 0.430. The Morgan fingerprint density at radius 3 is 2.42 bits per heavy atom. The van der Waals surface area contributed by atoms with E-state index < -0.39 is 5.97 Å². The van der Waals surface area contributed by atoms with Gasteiger partial charge in [0, 0.05) is 5.02 Å². The summed E-state index contributed by atoms with van der Waals surface area (Å²) in [5, 5.41) is 0.781. The van der Waals surface area contributed by atoms with Crippen molar-refractivity contribution in [1.29, 1.82) is 0 Å². The Balaban J connectivity index is 1.89. The number of carbonyl (C=O) groups excluding carboxylic acids is 1. The van der Waals surface area contributed by atoms with Crippen molar-refractivity contribution >= 4 is 29.2 Å². The van der Waals surface area contributed by atoms with Gasteiger partial charge in [-0.1, -0.05) is 49.4 Å². The minimum atomic E-state index is -0.478. The van der Waals surface area contributed by atoms with Crippen molar-refractivity contribution in [3.05, 3.63) is 58.1 Å². The summed E-state index contributed by atoms with van der Waals surface area (Å²) in [6.07, 6.45) is 4.63. The Morgan fingerprint density at radius 1 is 1.00 bits per heavy atom. The van der Waals surface area contributed by atoms with Gasteiger partial charge in [-0.05, 0) is 48.9 Å². The first-order chi connectivity index (χ1) is 11.6. The van der Waals surface area contributed by atoms with Crippen LogP contribution in [0.15, 0.2) is 42.5 Å². The zero-order valence-electron chi connectivity index (χ0n) is 13.6. The SMILES string of the molecule is CCCCCCOc1ccc(C(=O)Oc2ccc(Cl)cc2Cl)cc1. The summed E-state index contributed by atoms with van der Waals surface area (Å²) in [6, 6.07) is 11.6. The molecule has 24 heavy (non-hydrogen) atoms. The van der Waals surface area contributed by atoms with Crippen LogP contribution in [0.2, 0.25) is 10.0 Å². The third kappa shape index (κ3) is 5.73. The highest BCUT2D eigenvalue weighted by Crippen LogP contribution is 2.28. The van der Waals surface area contributed by atoms with Crippen LogP contribution in [0.3, 0.4) is 0 Å². The number of rotatable bonds is 8. The topological polar surface area (TPSA) is 35.5 Å². The minimum absolute atomic E-state index is 0.280. The van der Waals surface area contributed by atoms with Crippen LogP contribution >= 0.6 is 23.2 Å². The smallest absolute Gasteiger partial charge is 0.343 e. The average Bonchev–Trinajstić information content (AvgIpc) is 2.57. The van der Waals surface area contributed by atoms with E-state index in [0.29, 0.717) is 22.2 Å². The first-order valence-corrected chi connectivity index (χ1v) is 8.76. The van der Waals surface area contributed by atoms with E-state index in [9.17, 15) is 4.79 Å². The molecular weight excluding hydrogens is 347 g/mol. The molecule has 0 radical (unpaired) electrons. The summed E-state index contributed by atoms with van der Waals surface area (Å²) in [7, 11) is 0. The van der Waals surface area contributed by atoms with E-state index in [1.807, 2.05) is 0 Å². The van der Waals surface area contributed by atoms with Crippen LogP contribution in [0.25, 0.3) is 0 Å². The molecule has 0 aromatic heterocycles. The lowest BCUT2D eigenvalue weighted by Crippen LogP contribution is -2.08. The van der Waals surface area contributed by atoms with Gasteiger partial charge in [0.1, 0.15) is 11.5 Å². The maximum absolute atomic E-state index is 12.1. The molecule has 2 rings (SSSR count). The molecule has 0 heterocycles. The summed E-state index contributed by atoms with van der Waals surface area (Å²) in [5.74, 6) is 0.545. The molecule has 0 atom stereocenters. The van der Waals surface area contributed by atoms with E-state index in [1.165, 1.54) is 25.3 Å². The molecule has 5 heteroatoms. The molecule has 0 aliphatic rings. The first kappa shape index (κ1) is 18.6. The first-order valence-electron chi connectivity index (χ1n) is 8.00. The van der Waals surface area contributed by atoms with E-state index >= 15 is 0 Å². The van der Waals surface area contributed by atoms with Crippen molar-refractivity contribution < 1.29 is 14.3 Å². The molecule has 0 bridgehead atoms. The van der Waals surface area contributed by atoms with Crippen molar-refractivity contribution in [2.24, 2.45) is 0 Å². The lowest BCUT2D eigenvalue weighted by Gasteiger charge is -2.08. The van der Waals surface area contributed by atoms with Crippen LogP contribution in [0, 0.1) is 0 Å². The predicted octanol–water partition coefficient (Wildman–Crippen LogP) is 6.17. The maximum Gasteiger partial charge on any atom is 0.343 e. The number of ether oxygens (including phenoxy) is 2. The van der Waals surface area contributed by atoms with Gasteiger partial charge in [0.25, 0.3) is 0 Å². The highest BCUT2D eigenvalue weighted by Gasteiger charge is 2.11. The second-order valence-corrected chi connectivity index (χ2v) is 6.24. The van der Waals surface area contributed by atoms with Crippen LogP contribution in [0.4, 0.5) is 0 Å². The predicted molar refractivity (Wildman–Crippen MR) is 97.5 cm³/mol. The van der Waals surface area contributed by atoms with E-state index in [2.05, 4.69) is 6.92 Å². The lowest BCUT2D eigenvalue weighted by molar-refractivity contribution is 0.0735. The summed E-state index contributed by atoms with van der Waals surface area (Å²) in [4.78, 5) is 12.1. The Bertz CT molecular complexity index is 669. The Morgan fingerprint density at radius 2 is 1.75 bits per heavy atom. The van der Waals surface area contributed by atoms with E-state index in [4.69, 9.17) is 32.7 Å². The number of hydrogen-bond acceptors (Lipinski definition) is 3. The van der Waals surface area contributed by atoms with Crippen molar-refractivity contribution in [2.45, 2.75) is 32.6 Å². The third-order valence-corrected chi connectivity index (χ3v) is 3.98. The van der Waals surface area contributed by atoms with Gasteiger partial charge >= 0.3 is 5.97 Å². The number of halogens is 2. The largest absolute Gasteiger partial charge is 0.494 e. The quantitative estimate of drug-likeness (QED) is 0.318. The van der Waals surface area contributed by atoms with Crippen molar-refractivity contribution in [1.82, 2.24) is 0 Å². The van der Waals surface area contributed by atoms with E-state index in [1.54, 1.807) is 36.4 Å². The summed E-state index contributed by atoms with van der Waals surface area (Å²) in [6.45, 7) is 2.86. The fraction of sp³-hybridized carbons (Fsp3) is 0.316. The second kappa shape index (κ2) is 9.55. The molecule has 2 aromatic carbocycles. The highest BCUT2D eigenvalue weighted by molar-refractivity contribution is 6.35. The summed E-state index contributed by atoms with van der Waals surface area (Å²) < 4.78 is 10.9. The van der Waals surface area contributed by atoms with Crippen LogP contribution in [-0.2, 0) is 0 Å².